The number of carbonyl (C=O) groups excluding carboxylic acids is 1. The molecule has 0 fully saturated rings. The molecule has 2 aromatic heterocycles. The summed E-state index contributed by atoms with van der Waals surface area (Å²) in [7, 11) is 0. The van der Waals surface area contributed by atoms with Crippen molar-refractivity contribution in [3.05, 3.63) is 74.3 Å². The number of hydrogen-bond acceptors (Lipinski definition) is 5. The Balaban J connectivity index is 1.55. The van der Waals surface area contributed by atoms with Gasteiger partial charge in [-0.15, -0.1) is 11.3 Å². The molecule has 0 aliphatic heterocycles. The van der Waals surface area contributed by atoms with E-state index in [1.54, 1.807) is 12.2 Å². The maximum atomic E-state index is 12.4. The van der Waals surface area contributed by atoms with Gasteiger partial charge in [-0.25, -0.2) is 0 Å². The fourth-order valence-electron chi connectivity index (χ4n) is 2.68. The van der Waals surface area contributed by atoms with Crippen molar-refractivity contribution in [2.24, 2.45) is 0 Å². The first kappa shape index (κ1) is 21.4. The van der Waals surface area contributed by atoms with Gasteiger partial charge in [-0.3, -0.25) is 4.79 Å². The topological polar surface area (TPSA) is 48.7 Å². The van der Waals surface area contributed by atoms with Crippen LogP contribution < -0.4 is 9.47 Å². The molecule has 3 aromatic rings. The summed E-state index contributed by atoms with van der Waals surface area (Å²) in [5.41, 5.74) is 0. The second-order valence-corrected chi connectivity index (χ2v) is 8.32. The van der Waals surface area contributed by atoms with Gasteiger partial charge in [-0.05, 0) is 83.9 Å². The van der Waals surface area contributed by atoms with E-state index >= 15 is 0 Å². The summed E-state index contributed by atoms with van der Waals surface area (Å²) >= 11 is 5.06. The molecular formula is C23H23BrO4S. The van der Waals surface area contributed by atoms with Gasteiger partial charge in [-0.2, -0.15) is 0 Å². The minimum absolute atomic E-state index is 0.0263. The van der Waals surface area contributed by atoms with E-state index in [2.05, 4.69) is 22.9 Å². The van der Waals surface area contributed by atoms with Gasteiger partial charge in [-0.1, -0.05) is 13.3 Å². The van der Waals surface area contributed by atoms with Gasteiger partial charge in [0.05, 0.1) is 11.5 Å². The predicted molar refractivity (Wildman–Crippen MR) is 120 cm³/mol. The zero-order valence-electron chi connectivity index (χ0n) is 16.4. The monoisotopic (exact) mass is 474 g/mol. The van der Waals surface area contributed by atoms with Gasteiger partial charge >= 0.3 is 0 Å². The lowest BCUT2D eigenvalue weighted by Gasteiger charge is -2.06. The highest BCUT2D eigenvalue weighted by Gasteiger charge is 2.11. The average Bonchev–Trinajstić information content (AvgIpc) is 3.33. The molecule has 6 heteroatoms. The molecule has 3 rings (SSSR count). The molecule has 0 amide bonds. The van der Waals surface area contributed by atoms with Crippen LogP contribution in [0.15, 0.2) is 57.4 Å². The van der Waals surface area contributed by atoms with Crippen LogP contribution >= 0.6 is 27.3 Å². The van der Waals surface area contributed by atoms with Gasteiger partial charge in [0, 0.05) is 9.35 Å². The Kier molecular flexibility index (Phi) is 7.72. The first-order valence-electron chi connectivity index (χ1n) is 9.54. The number of ketones is 1. The van der Waals surface area contributed by atoms with Crippen LogP contribution in [0.4, 0.5) is 0 Å². The summed E-state index contributed by atoms with van der Waals surface area (Å²) in [5.74, 6) is 2.84. The molecule has 0 atom stereocenters. The highest BCUT2D eigenvalue weighted by atomic mass is 79.9. The van der Waals surface area contributed by atoms with E-state index in [-0.39, 0.29) is 5.78 Å². The Morgan fingerprint density at radius 2 is 1.83 bits per heavy atom. The minimum Gasteiger partial charge on any atom is -0.494 e. The lowest BCUT2D eigenvalue weighted by atomic mass is 10.2. The molecule has 0 saturated carbocycles. The van der Waals surface area contributed by atoms with Crippen LogP contribution in [0.5, 0.6) is 11.5 Å². The zero-order valence-corrected chi connectivity index (χ0v) is 18.8. The first-order chi connectivity index (χ1) is 14.1. The minimum atomic E-state index is -0.0263. The molecule has 0 radical (unpaired) electrons. The Labute approximate surface area is 183 Å². The van der Waals surface area contributed by atoms with Crippen molar-refractivity contribution in [1.82, 2.24) is 0 Å². The van der Waals surface area contributed by atoms with Gasteiger partial charge in [0.25, 0.3) is 0 Å². The highest BCUT2D eigenvalue weighted by molar-refractivity contribution is 9.10. The van der Waals surface area contributed by atoms with Crippen molar-refractivity contribution in [2.75, 3.05) is 6.61 Å². The smallest absolute Gasteiger partial charge is 0.195 e. The average molecular weight is 475 g/mol. The molecule has 0 aliphatic rings. The van der Waals surface area contributed by atoms with E-state index in [0.717, 1.165) is 33.7 Å². The lowest BCUT2D eigenvalue weighted by Crippen LogP contribution is -1.94. The van der Waals surface area contributed by atoms with Crippen LogP contribution in [-0.2, 0) is 13.0 Å². The number of furan rings is 1. The van der Waals surface area contributed by atoms with E-state index in [4.69, 9.17) is 13.9 Å². The zero-order chi connectivity index (χ0) is 20.6. The number of hydrogen-bond donors (Lipinski definition) is 0. The molecule has 2 heterocycles. The lowest BCUT2D eigenvalue weighted by molar-refractivity contribution is 0.105. The van der Waals surface area contributed by atoms with Gasteiger partial charge < -0.3 is 13.9 Å². The normalized spacial score (nSPS) is 11.1. The summed E-state index contributed by atoms with van der Waals surface area (Å²) < 4.78 is 17.9. The van der Waals surface area contributed by atoms with Crippen LogP contribution in [0, 0.1) is 0 Å². The first-order valence-corrected chi connectivity index (χ1v) is 11.1. The third-order valence-electron chi connectivity index (χ3n) is 4.07. The van der Waals surface area contributed by atoms with E-state index in [1.165, 1.54) is 16.2 Å². The molecule has 0 bridgehead atoms. The van der Waals surface area contributed by atoms with Crippen LogP contribution in [0.1, 0.15) is 46.3 Å². The molecule has 0 aliphatic carbocycles. The van der Waals surface area contributed by atoms with Crippen LogP contribution in [0.25, 0.3) is 6.08 Å². The number of halogens is 1. The number of carbonyl (C=O) groups is 1. The highest BCUT2D eigenvalue weighted by Crippen LogP contribution is 2.29. The molecule has 0 spiro atoms. The van der Waals surface area contributed by atoms with Crippen molar-refractivity contribution in [2.45, 2.75) is 33.3 Å². The van der Waals surface area contributed by atoms with Crippen molar-refractivity contribution in [1.29, 1.82) is 0 Å². The number of aryl methyl sites for hydroxylation is 1. The van der Waals surface area contributed by atoms with Crippen LogP contribution in [-0.4, -0.2) is 12.4 Å². The molecule has 0 saturated heterocycles. The van der Waals surface area contributed by atoms with E-state index in [9.17, 15) is 4.79 Å². The second kappa shape index (κ2) is 10.5. The Morgan fingerprint density at radius 3 is 2.52 bits per heavy atom. The maximum Gasteiger partial charge on any atom is 0.195 e. The van der Waals surface area contributed by atoms with Gasteiger partial charge in [0.15, 0.2) is 5.78 Å². The molecule has 4 nitrogen and oxygen atoms in total. The van der Waals surface area contributed by atoms with Crippen molar-refractivity contribution >= 4 is 39.1 Å². The molecule has 0 unspecified atom stereocenters. The van der Waals surface area contributed by atoms with E-state index in [1.807, 2.05) is 49.4 Å². The molecule has 29 heavy (non-hydrogen) atoms. The quantitative estimate of drug-likeness (QED) is 0.236. The number of ether oxygens (including phenoxy) is 2. The standard InChI is InChI=1S/C23H23BrO4S/c1-3-5-22-20(24)14-23(29-22)21(25)13-12-18-10-11-19(28-18)15-27-17-8-6-16(7-9-17)26-4-2/h6-14H,3-5,15H2,1-2H3/b13-12+. The van der Waals surface area contributed by atoms with Crippen molar-refractivity contribution in [3.8, 4) is 11.5 Å². The maximum absolute atomic E-state index is 12.4. The molecular weight excluding hydrogens is 452 g/mol. The Hall–Kier alpha value is -2.31. The summed E-state index contributed by atoms with van der Waals surface area (Å²) in [6.07, 6.45) is 5.26. The van der Waals surface area contributed by atoms with Gasteiger partial charge in [0.2, 0.25) is 0 Å². The molecule has 1 aromatic carbocycles. The second-order valence-electron chi connectivity index (χ2n) is 6.33. The number of benzene rings is 1. The van der Waals surface area contributed by atoms with Crippen molar-refractivity contribution in [3.63, 3.8) is 0 Å². The number of thiophene rings is 1. The Bertz CT molecular complexity index is 969. The van der Waals surface area contributed by atoms with Gasteiger partial charge in [0.1, 0.15) is 29.6 Å². The summed E-state index contributed by atoms with van der Waals surface area (Å²) in [6.45, 7) is 5.02. The third kappa shape index (κ3) is 6.08. The number of allylic oxidation sites excluding steroid dienone is 1. The molecule has 0 N–H and O–H groups in total. The van der Waals surface area contributed by atoms with E-state index in [0.29, 0.717) is 24.7 Å². The predicted octanol–water partition coefficient (Wildman–Crippen LogP) is 6.93. The molecule has 152 valence electrons. The van der Waals surface area contributed by atoms with E-state index < -0.39 is 0 Å². The fourth-order valence-corrected chi connectivity index (χ4v) is 4.58. The summed E-state index contributed by atoms with van der Waals surface area (Å²) in [5, 5.41) is 0. The Morgan fingerprint density at radius 1 is 1.10 bits per heavy atom. The number of rotatable bonds is 10. The van der Waals surface area contributed by atoms with Crippen LogP contribution in [0.2, 0.25) is 0 Å². The van der Waals surface area contributed by atoms with Crippen molar-refractivity contribution < 1.29 is 18.7 Å². The largest absolute Gasteiger partial charge is 0.494 e. The summed E-state index contributed by atoms with van der Waals surface area (Å²) in [4.78, 5) is 14.3. The summed E-state index contributed by atoms with van der Waals surface area (Å²) in [6, 6.07) is 13.0. The SMILES string of the molecule is CCCc1sc(C(=O)/C=C/c2ccc(COc3ccc(OCC)cc3)o2)cc1Br. The third-order valence-corrected chi connectivity index (χ3v) is 6.25. The van der Waals surface area contributed by atoms with Crippen LogP contribution in [0.3, 0.4) is 0 Å². The fraction of sp³-hybridized carbons (Fsp3) is 0.261.